The molecule has 4 rings (SSSR count). The van der Waals surface area contributed by atoms with Crippen LogP contribution in [0.5, 0.6) is 0 Å². The van der Waals surface area contributed by atoms with E-state index in [2.05, 4.69) is 44.4 Å². The number of benzene rings is 1. The zero-order chi connectivity index (χ0) is 14.9. The van der Waals surface area contributed by atoms with E-state index in [1.54, 1.807) is 12.4 Å². The summed E-state index contributed by atoms with van der Waals surface area (Å²) in [6.45, 7) is 1.95. The van der Waals surface area contributed by atoms with Crippen LogP contribution in [0, 0.1) is 6.92 Å². The zero-order valence-electron chi connectivity index (χ0n) is 12.4. The molecule has 1 atom stereocenters. The van der Waals surface area contributed by atoms with E-state index in [0.29, 0.717) is 23.5 Å². The van der Waals surface area contributed by atoms with Crippen LogP contribution in [0.15, 0.2) is 41.2 Å². The highest BCUT2D eigenvalue weighted by atomic mass is 16.5. The number of aromatic nitrogens is 4. The summed E-state index contributed by atoms with van der Waals surface area (Å²) in [4.78, 5) is 12.9. The summed E-state index contributed by atoms with van der Waals surface area (Å²) in [5.74, 6) is 2.08. The van der Waals surface area contributed by atoms with E-state index in [1.807, 2.05) is 6.92 Å². The van der Waals surface area contributed by atoms with E-state index in [-0.39, 0.29) is 0 Å². The first-order valence-electron chi connectivity index (χ1n) is 7.49. The van der Waals surface area contributed by atoms with Crippen LogP contribution in [-0.2, 0) is 12.8 Å². The number of hydrogen-bond donors (Lipinski definition) is 0. The fourth-order valence-corrected chi connectivity index (χ4v) is 3.00. The van der Waals surface area contributed by atoms with E-state index in [4.69, 9.17) is 4.52 Å². The summed E-state index contributed by atoms with van der Waals surface area (Å²) in [6, 6.07) is 8.60. The van der Waals surface area contributed by atoms with Crippen LogP contribution >= 0.6 is 0 Å². The molecule has 0 saturated carbocycles. The minimum absolute atomic E-state index is 0.460. The van der Waals surface area contributed by atoms with Crippen molar-refractivity contribution in [3.63, 3.8) is 0 Å². The molecule has 22 heavy (non-hydrogen) atoms. The molecule has 1 aliphatic rings. The van der Waals surface area contributed by atoms with Crippen molar-refractivity contribution < 1.29 is 4.52 Å². The number of rotatable bonds is 3. The summed E-state index contributed by atoms with van der Waals surface area (Å²) < 4.78 is 5.39. The van der Waals surface area contributed by atoms with Gasteiger partial charge in [-0.25, -0.2) is 9.97 Å². The first-order chi connectivity index (χ1) is 10.8. The molecule has 3 aromatic rings. The third kappa shape index (κ3) is 2.39. The molecule has 1 aromatic carbocycles. The summed E-state index contributed by atoms with van der Waals surface area (Å²) in [5, 5.41) is 4.00. The maximum absolute atomic E-state index is 5.39. The summed E-state index contributed by atoms with van der Waals surface area (Å²) in [5.41, 5.74) is 3.86. The molecular weight excluding hydrogens is 276 g/mol. The molecule has 0 amide bonds. The van der Waals surface area contributed by atoms with Gasteiger partial charge in [0.15, 0.2) is 0 Å². The lowest BCUT2D eigenvalue weighted by Gasteiger charge is -2.07. The molecule has 110 valence electrons. The Morgan fingerprint density at radius 3 is 2.82 bits per heavy atom. The predicted octanol–water partition coefficient (Wildman–Crippen LogP) is 3.11. The number of hydrogen-bond acceptors (Lipinski definition) is 5. The first-order valence-corrected chi connectivity index (χ1v) is 7.49. The Bertz CT molecular complexity index is 794. The van der Waals surface area contributed by atoms with Crippen LogP contribution in [0.2, 0.25) is 0 Å². The maximum Gasteiger partial charge on any atom is 0.240 e. The van der Waals surface area contributed by atoms with Crippen molar-refractivity contribution >= 4 is 0 Å². The SMILES string of the molecule is Cc1cnc(-c2noc(C[C@H]3CCc4ccccc43)n2)nc1. The minimum Gasteiger partial charge on any atom is -0.339 e. The van der Waals surface area contributed by atoms with Crippen LogP contribution in [0.4, 0.5) is 0 Å². The van der Waals surface area contributed by atoms with Crippen LogP contribution in [0.25, 0.3) is 11.6 Å². The molecule has 0 fully saturated rings. The van der Waals surface area contributed by atoms with Gasteiger partial charge >= 0.3 is 0 Å². The Kier molecular flexibility index (Phi) is 3.18. The molecule has 0 bridgehead atoms. The maximum atomic E-state index is 5.39. The second kappa shape index (κ2) is 5.33. The van der Waals surface area contributed by atoms with Crippen LogP contribution in [0.1, 0.15) is 34.9 Å². The van der Waals surface area contributed by atoms with Gasteiger partial charge in [-0.3, -0.25) is 0 Å². The molecular formula is C17H16N4O. The Balaban J connectivity index is 1.54. The van der Waals surface area contributed by atoms with Crippen LogP contribution in [0.3, 0.4) is 0 Å². The van der Waals surface area contributed by atoms with Gasteiger partial charge in [-0.15, -0.1) is 0 Å². The lowest BCUT2D eigenvalue weighted by atomic mass is 9.98. The number of aryl methyl sites for hydroxylation is 2. The molecule has 0 N–H and O–H groups in total. The van der Waals surface area contributed by atoms with Crippen molar-refractivity contribution in [3.05, 3.63) is 59.2 Å². The van der Waals surface area contributed by atoms with Crippen molar-refractivity contribution in [3.8, 4) is 11.6 Å². The lowest BCUT2D eigenvalue weighted by molar-refractivity contribution is 0.368. The summed E-state index contributed by atoms with van der Waals surface area (Å²) in [6.07, 6.45) is 6.55. The van der Waals surface area contributed by atoms with Crippen molar-refractivity contribution in [1.29, 1.82) is 0 Å². The van der Waals surface area contributed by atoms with Crippen molar-refractivity contribution in [2.45, 2.75) is 32.1 Å². The van der Waals surface area contributed by atoms with E-state index in [0.717, 1.165) is 24.8 Å². The molecule has 5 nitrogen and oxygen atoms in total. The van der Waals surface area contributed by atoms with Crippen molar-refractivity contribution in [2.24, 2.45) is 0 Å². The fourth-order valence-electron chi connectivity index (χ4n) is 3.00. The monoisotopic (exact) mass is 292 g/mol. The Morgan fingerprint density at radius 1 is 1.14 bits per heavy atom. The van der Waals surface area contributed by atoms with Crippen molar-refractivity contribution in [2.75, 3.05) is 0 Å². The minimum atomic E-state index is 0.460. The molecule has 2 heterocycles. The Hall–Kier alpha value is -2.56. The quantitative estimate of drug-likeness (QED) is 0.742. The normalized spacial score (nSPS) is 16.7. The van der Waals surface area contributed by atoms with E-state index in [9.17, 15) is 0 Å². The highest BCUT2D eigenvalue weighted by Crippen LogP contribution is 2.35. The topological polar surface area (TPSA) is 64.7 Å². The van der Waals surface area contributed by atoms with Gasteiger partial charge in [0.05, 0.1) is 0 Å². The average Bonchev–Trinajstić information content (AvgIpc) is 3.16. The second-order valence-corrected chi connectivity index (χ2v) is 5.73. The zero-order valence-corrected chi connectivity index (χ0v) is 12.4. The number of nitrogens with zero attached hydrogens (tertiary/aromatic N) is 4. The largest absolute Gasteiger partial charge is 0.339 e. The Morgan fingerprint density at radius 2 is 1.95 bits per heavy atom. The molecule has 0 unspecified atom stereocenters. The van der Waals surface area contributed by atoms with Gasteiger partial charge < -0.3 is 4.52 Å². The average molecular weight is 292 g/mol. The highest BCUT2D eigenvalue weighted by molar-refractivity contribution is 5.41. The van der Waals surface area contributed by atoms with Gasteiger partial charge in [-0.1, -0.05) is 29.4 Å². The van der Waals surface area contributed by atoms with Crippen molar-refractivity contribution in [1.82, 2.24) is 20.1 Å². The van der Waals surface area contributed by atoms with Gasteiger partial charge in [-0.2, -0.15) is 4.98 Å². The molecule has 0 spiro atoms. The van der Waals surface area contributed by atoms with Crippen LogP contribution < -0.4 is 0 Å². The van der Waals surface area contributed by atoms with Gasteiger partial charge in [0.2, 0.25) is 17.5 Å². The molecule has 0 radical (unpaired) electrons. The molecule has 5 heteroatoms. The Labute approximate surface area is 128 Å². The molecule has 0 aliphatic heterocycles. The van der Waals surface area contributed by atoms with E-state index in [1.165, 1.54) is 11.1 Å². The third-order valence-electron chi connectivity index (χ3n) is 4.13. The van der Waals surface area contributed by atoms with Gasteiger partial charge in [0.1, 0.15) is 0 Å². The van der Waals surface area contributed by atoms with E-state index >= 15 is 0 Å². The molecule has 1 aliphatic carbocycles. The van der Waals surface area contributed by atoms with E-state index < -0.39 is 0 Å². The standard InChI is InChI=1S/C17H16N4O/c1-11-9-18-16(19-10-11)17-20-15(22-21-17)8-13-7-6-12-4-2-3-5-14(12)13/h2-5,9-10,13H,6-8H2,1H3/t13-/m1/s1. The van der Waals surface area contributed by atoms with Gasteiger partial charge in [-0.05, 0) is 42.4 Å². The number of fused-ring (bicyclic) bond motifs is 1. The lowest BCUT2D eigenvalue weighted by Crippen LogP contribution is -1.99. The summed E-state index contributed by atoms with van der Waals surface area (Å²) in [7, 11) is 0. The smallest absolute Gasteiger partial charge is 0.240 e. The molecule has 0 saturated heterocycles. The third-order valence-corrected chi connectivity index (χ3v) is 4.13. The molecule has 2 aromatic heterocycles. The predicted molar refractivity (Wildman–Crippen MR) is 81.3 cm³/mol. The van der Waals surface area contributed by atoms with Crippen LogP contribution in [-0.4, -0.2) is 20.1 Å². The summed E-state index contributed by atoms with van der Waals surface area (Å²) >= 11 is 0. The highest BCUT2D eigenvalue weighted by Gasteiger charge is 2.24. The fraction of sp³-hybridized carbons (Fsp3) is 0.294. The van der Waals surface area contributed by atoms with Gasteiger partial charge in [0.25, 0.3) is 0 Å². The van der Waals surface area contributed by atoms with Gasteiger partial charge in [0, 0.05) is 18.8 Å². The second-order valence-electron chi connectivity index (χ2n) is 5.73. The first kappa shape index (κ1) is 13.1.